The number of carbonyl (C=O) groups is 1. The highest BCUT2D eigenvalue weighted by Crippen LogP contribution is 2.18. The Hall–Kier alpha value is -1.39. The molecule has 0 saturated carbocycles. The van der Waals surface area contributed by atoms with Gasteiger partial charge in [-0.25, -0.2) is 0 Å². The first-order chi connectivity index (χ1) is 8.15. The summed E-state index contributed by atoms with van der Waals surface area (Å²) >= 11 is 0. The van der Waals surface area contributed by atoms with E-state index in [1.165, 1.54) is 0 Å². The molecular formula is C13H20N2O2. The summed E-state index contributed by atoms with van der Waals surface area (Å²) in [6.45, 7) is 4.38. The third-order valence-electron chi connectivity index (χ3n) is 2.51. The van der Waals surface area contributed by atoms with E-state index < -0.39 is 0 Å². The summed E-state index contributed by atoms with van der Waals surface area (Å²) in [5, 5.41) is 0. The van der Waals surface area contributed by atoms with Gasteiger partial charge in [-0.15, -0.1) is 0 Å². The van der Waals surface area contributed by atoms with Crippen LogP contribution in [0.1, 0.15) is 17.3 Å². The van der Waals surface area contributed by atoms with Crippen LogP contribution in [0.25, 0.3) is 0 Å². The Morgan fingerprint density at radius 1 is 1.35 bits per heavy atom. The number of ketones is 1. The topological polar surface area (TPSA) is 55.6 Å². The second-order valence-corrected chi connectivity index (χ2v) is 3.99. The van der Waals surface area contributed by atoms with E-state index in [0.717, 1.165) is 13.1 Å². The third kappa shape index (κ3) is 4.54. The summed E-state index contributed by atoms with van der Waals surface area (Å²) in [4.78, 5) is 13.5. The normalized spacial score (nSPS) is 10.6. The lowest BCUT2D eigenvalue weighted by molar-refractivity contribution is 0.101. The van der Waals surface area contributed by atoms with Crippen LogP contribution in [-0.4, -0.2) is 44.0 Å². The van der Waals surface area contributed by atoms with Gasteiger partial charge in [0.1, 0.15) is 12.4 Å². The lowest BCUT2D eigenvalue weighted by atomic mass is 10.1. The quantitative estimate of drug-likeness (QED) is 0.722. The summed E-state index contributed by atoms with van der Waals surface area (Å²) in [5.41, 5.74) is 6.08. The van der Waals surface area contributed by atoms with E-state index in [-0.39, 0.29) is 5.78 Å². The largest absolute Gasteiger partial charge is 0.491 e. The minimum atomic E-state index is 0.0240. The van der Waals surface area contributed by atoms with Crippen molar-refractivity contribution in [3.05, 3.63) is 29.8 Å². The number of rotatable bonds is 7. The number of nitrogens with zero attached hydrogens (tertiary/aromatic N) is 1. The zero-order valence-electron chi connectivity index (χ0n) is 10.5. The fourth-order valence-electron chi connectivity index (χ4n) is 1.53. The van der Waals surface area contributed by atoms with Crippen molar-refractivity contribution in [3.63, 3.8) is 0 Å². The maximum Gasteiger partial charge on any atom is 0.163 e. The number of hydrogen-bond acceptors (Lipinski definition) is 4. The van der Waals surface area contributed by atoms with Gasteiger partial charge in [0.05, 0.1) is 5.56 Å². The van der Waals surface area contributed by atoms with Gasteiger partial charge in [0.25, 0.3) is 0 Å². The predicted molar refractivity (Wildman–Crippen MR) is 68.5 cm³/mol. The summed E-state index contributed by atoms with van der Waals surface area (Å²) in [6.07, 6.45) is 0. The molecule has 1 rings (SSSR count). The third-order valence-corrected chi connectivity index (χ3v) is 2.51. The van der Waals surface area contributed by atoms with Crippen molar-refractivity contribution >= 4 is 5.78 Å². The van der Waals surface area contributed by atoms with Crippen LogP contribution >= 0.6 is 0 Å². The van der Waals surface area contributed by atoms with Crippen LogP contribution in [0.2, 0.25) is 0 Å². The van der Waals surface area contributed by atoms with Crippen LogP contribution < -0.4 is 10.5 Å². The average Bonchev–Trinajstić information content (AvgIpc) is 2.30. The molecule has 0 unspecified atom stereocenters. The predicted octanol–water partition coefficient (Wildman–Crippen LogP) is 1.16. The van der Waals surface area contributed by atoms with Crippen LogP contribution in [0, 0.1) is 0 Å². The number of likely N-dealkylation sites (N-methyl/N-ethyl adjacent to an activating group) is 1. The summed E-state index contributed by atoms with van der Waals surface area (Å²) < 4.78 is 5.61. The Bertz CT molecular complexity index is 366. The number of hydrogen-bond donors (Lipinski definition) is 1. The van der Waals surface area contributed by atoms with Gasteiger partial charge >= 0.3 is 0 Å². The van der Waals surface area contributed by atoms with Crippen LogP contribution in [0.3, 0.4) is 0 Å². The van der Waals surface area contributed by atoms with Gasteiger partial charge in [0.2, 0.25) is 0 Å². The molecule has 1 aromatic carbocycles. The van der Waals surface area contributed by atoms with Crippen molar-refractivity contribution in [1.29, 1.82) is 0 Å². The lowest BCUT2D eigenvalue weighted by Crippen LogP contribution is -2.29. The van der Waals surface area contributed by atoms with E-state index in [1.807, 2.05) is 25.2 Å². The Morgan fingerprint density at radius 3 is 2.71 bits per heavy atom. The molecule has 94 valence electrons. The molecule has 0 heterocycles. The second kappa shape index (κ2) is 7.04. The average molecular weight is 236 g/mol. The van der Waals surface area contributed by atoms with Crippen LogP contribution in [0.15, 0.2) is 24.3 Å². The summed E-state index contributed by atoms with van der Waals surface area (Å²) in [5.74, 6) is 0.678. The number of Topliss-reactive ketones (excluding diaryl/α,β-unsaturated/α-hetero) is 1. The number of para-hydroxylation sites is 1. The lowest BCUT2D eigenvalue weighted by Gasteiger charge is -2.16. The van der Waals surface area contributed by atoms with Crippen LogP contribution in [0.5, 0.6) is 5.75 Å². The minimum absolute atomic E-state index is 0.0240. The summed E-state index contributed by atoms with van der Waals surface area (Å²) in [7, 11) is 1.99. The van der Waals surface area contributed by atoms with Crippen LogP contribution in [-0.2, 0) is 0 Å². The highest BCUT2D eigenvalue weighted by molar-refractivity contribution is 5.96. The molecule has 0 aromatic heterocycles. The standard InChI is InChI=1S/C13H20N2O2/c1-11(16)12-5-3-4-6-13(12)17-10-9-15(2)8-7-14/h3-6H,7-10,14H2,1-2H3. The van der Waals surface area contributed by atoms with E-state index >= 15 is 0 Å². The summed E-state index contributed by atoms with van der Waals surface area (Å²) in [6, 6.07) is 7.30. The first-order valence-corrected chi connectivity index (χ1v) is 5.76. The fraction of sp³-hybridized carbons (Fsp3) is 0.462. The van der Waals surface area contributed by atoms with Crippen molar-refractivity contribution in [2.75, 3.05) is 33.3 Å². The molecule has 17 heavy (non-hydrogen) atoms. The molecule has 0 radical (unpaired) electrons. The Morgan fingerprint density at radius 2 is 2.06 bits per heavy atom. The highest BCUT2D eigenvalue weighted by atomic mass is 16.5. The Balaban J connectivity index is 2.49. The van der Waals surface area contributed by atoms with Gasteiger partial charge in [-0.05, 0) is 26.1 Å². The Labute approximate surface area is 102 Å². The van der Waals surface area contributed by atoms with Crippen molar-refractivity contribution in [2.45, 2.75) is 6.92 Å². The zero-order valence-corrected chi connectivity index (χ0v) is 10.5. The van der Waals surface area contributed by atoms with Crippen molar-refractivity contribution in [1.82, 2.24) is 4.90 Å². The molecule has 0 atom stereocenters. The van der Waals surface area contributed by atoms with Gasteiger partial charge in [0, 0.05) is 19.6 Å². The van der Waals surface area contributed by atoms with Crippen molar-refractivity contribution in [2.24, 2.45) is 5.73 Å². The van der Waals surface area contributed by atoms with E-state index in [4.69, 9.17) is 10.5 Å². The maximum atomic E-state index is 11.4. The SMILES string of the molecule is CC(=O)c1ccccc1OCCN(C)CCN. The monoisotopic (exact) mass is 236 g/mol. The highest BCUT2D eigenvalue weighted by Gasteiger charge is 2.07. The smallest absolute Gasteiger partial charge is 0.163 e. The molecule has 0 bridgehead atoms. The molecule has 0 aliphatic heterocycles. The van der Waals surface area contributed by atoms with Gasteiger partial charge in [-0.1, -0.05) is 12.1 Å². The molecule has 0 aliphatic carbocycles. The molecule has 4 heteroatoms. The molecule has 1 aromatic rings. The molecular weight excluding hydrogens is 216 g/mol. The molecule has 4 nitrogen and oxygen atoms in total. The van der Waals surface area contributed by atoms with E-state index in [1.54, 1.807) is 13.0 Å². The van der Waals surface area contributed by atoms with Gasteiger partial charge < -0.3 is 15.4 Å². The number of ether oxygens (including phenoxy) is 1. The molecule has 0 aliphatic rings. The van der Waals surface area contributed by atoms with E-state index in [9.17, 15) is 4.79 Å². The zero-order chi connectivity index (χ0) is 12.7. The molecule has 0 saturated heterocycles. The Kier molecular flexibility index (Phi) is 5.66. The van der Waals surface area contributed by atoms with Crippen molar-refractivity contribution < 1.29 is 9.53 Å². The van der Waals surface area contributed by atoms with E-state index in [0.29, 0.717) is 24.5 Å². The fourth-order valence-corrected chi connectivity index (χ4v) is 1.53. The molecule has 0 spiro atoms. The number of carbonyl (C=O) groups excluding carboxylic acids is 1. The van der Waals surface area contributed by atoms with E-state index in [2.05, 4.69) is 4.90 Å². The molecule has 0 amide bonds. The van der Waals surface area contributed by atoms with Crippen LogP contribution in [0.4, 0.5) is 0 Å². The number of nitrogens with two attached hydrogens (primary N) is 1. The van der Waals surface area contributed by atoms with Crippen molar-refractivity contribution in [3.8, 4) is 5.75 Å². The maximum absolute atomic E-state index is 11.4. The minimum Gasteiger partial charge on any atom is -0.491 e. The molecule has 2 N–H and O–H groups in total. The second-order valence-electron chi connectivity index (χ2n) is 3.99. The molecule has 0 fully saturated rings. The first kappa shape index (κ1) is 13.7. The van der Waals surface area contributed by atoms with Gasteiger partial charge in [0.15, 0.2) is 5.78 Å². The first-order valence-electron chi connectivity index (χ1n) is 5.76. The van der Waals surface area contributed by atoms with Gasteiger partial charge in [-0.2, -0.15) is 0 Å². The number of benzene rings is 1. The van der Waals surface area contributed by atoms with Gasteiger partial charge in [-0.3, -0.25) is 4.79 Å².